The maximum Gasteiger partial charge on any atom is 0.191 e. The average Bonchev–Trinajstić information content (AvgIpc) is 2.55. The van der Waals surface area contributed by atoms with Crippen LogP contribution in [0.25, 0.3) is 0 Å². The van der Waals surface area contributed by atoms with Crippen LogP contribution in [0.1, 0.15) is 11.1 Å². The van der Waals surface area contributed by atoms with Crippen molar-refractivity contribution in [2.45, 2.75) is 13.0 Å². The Labute approximate surface area is 140 Å². The second kappa shape index (κ2) is 8.39. The molecule has 0 saturated heterocycles. The minimum absolute atomic E-state index is 0.351. The molecule has 122 valence electrons. The molecule has 0 radical (unpaired) electrons. The summed E-state index contributed by atoms with van der Waals surface area (Å²) in [5.74, 6) is -0.368. The number of guanidine groups is 1. The number of phenols is 1. The predicted molar refractivity (Wildman–Crippen MR) is 91.4 cm³/mol. The maximum atomic E-state index is 13.3. The molecular formula is C17H19ClFN3O. The van der Waals surface area contributed by atoms with E-state index < -0.39 is 5.82 Å². The molecule has 0 fully saturated rings. The Hall–Kier alpha value is -2.27. The van der Waals surface area contributed by atoms with Gasteiger partial charge in [-0.2, -0.15) is 0 Å². The van der Waals surface area contributed by atoms with Gasteiger partial charge in [-0.05, 0) is 35.7 Å². The molecule has 0 aliphatic carbocycles. The Morgan fingerprint density at radius 2 is 2.00 bits per heavy atom. The van der Waals surface area contributed by atoms with Crippen LogP contribution in [0.15, 0.2) is 47.5 Å². The highest BCUT2D eigenvalue weighted by Crippen LogP contribution is 2.16. The average molecular weight is 336 g/mol. The molecule has 3 N–H and O–H groups in total. The fraction of sp³-hybridized carbons (Fsp3) is 0.235. The first-order valence-electron chi connectivity index (χ1n) is 7.25. The van der Waals surface area contributed by atoms with E-state index >= 15 is 0 Å². The van der Waals surface area contributed by atoms with Crippen LogP contribution in [0, 0.1) is 5.82 Å². The second-order valence-electron chi connectivity index (χ2n) is 4.98. The normalized spacial score (nSPS) is 11.3. The number of aliphatic imine (C=N–C) groups is 1. The van der Waals surface area contributed by atoms with Crippen LogP contribution < -0.4 is 10.6 Å². The molecule has 2 rings (SSSR count). The summed E-state index contributed by atoms with van der Waals surface area (Å²) in [6.45, 7) is 1.08. The van der Waals surface area contributed by atoms with Crippen molar-refractivity contribution in [3.63, 3.8) is 0 Å². The number of aromatic hydroxyl groups is 1. The summed E-state index contributed by atoms with van der Waals surface area (Å²) in [4.78, 5) is 4.12. The molecule has 23 heavy (non-hydrogen) atoms. The molecule has 0 aliphatic heterocycles. The van der Waals surface area contributed by atoms with E-state index in [0.717, 1.165) is 17.0 Å². The number of rotatable bonds is 5. The summed E-state index contributed by atoms with van der Waals surface area (Å²) >= 11 is 6.11. The lowest BCUT2D eigenvalue weighted by Crippen LogP contribution is -2.37. The third kappa shape index (κ3) is 5.14. The molecule has 2 aromatic carbocycles. The van der Waals surface area contributed by atoms with Gasteiger partial charge in [-0.3, -0.25) is 4.99 Å². The smallest absolute Gasteiger partial charge is 0.191 e. The third-order valence-corrected chi connectivity index (χ3v) is 3.71. The van der Waals surface area contributed by atoms with Gasteiger partial charge in [0.25, 0.3) is 0 Å². The third-order valence-electron chi connectivity index (χ3n) is 3.34. The number of nitrogens with one attached hydrogen (secondary N) is 2. The van der Waals surface area contributed by atoms with Gasteiger partial charge < -0.3 is 15.7 Å². The van der Waals surface area contributed by atoms with Gasteiger partial charge in [-0.15, -0.1) is 0 Å². The number of hydrogen-bond acceptors (Lipinski definition) is 2. The van der Waals surface area contributed by atoms with Gasteiger partial charge in [0.1, 0.15) is 0 Å². The molecule has 0 unspecified atom stereocenters. The molecule has 6 heteroatoms. The Morgan fingerprint density at radius 1 is 1.22 bits per heavy atom. The van der Waals surface area contributed by atoms with Gasteiger partial charge in [0, 0.05) is 25.2 Å². The Bertz CT molecular complexity index is 691. The van der Waals surface area contributed by atoms with E-state index in [1.54, 1.807) is 13.1 Å². The van der Waals surface area contributed by atoms with Crippen molar-refractivity contribution < 1.29 is 9.50 Å². The van der Waals surface area contributed by atoms with E-state index in [-0.39, 0.29) is 5.75 Å². The van der Waals surface area contributed by atoms with Crippen molar-refractivity contribution in [3.05, 3.63) is 64.4 Å². The fourth-order valence-corrected chi connectivity index (χ4v) is 2.31. The van der Waals surface area contributed by atoms with Crippen molar-refractivity contribution in [2.24, 2.45) is 4.99 Å². The highest BCUT2D eigenvalue weighted by atomic mass is 35.5. The zero-order chi connectivity index (χ0) is 16.7. The lowest BCUT2D eigenvalue weighted by atomic mass is 10.1. The first-order valence-corrected chi connectivity index (χ1v) is 7.63. The highest BCUT2D eigenvalue weighted by molar-refractivity contribution is 6.31. The van der Waals surface area contributed by atoms with Crippen molar-refractivity contribution in [2.75, 3.05) is 13.6 Å². The van der Waals surface area contributed by atoms with Crippen LogP contribution >= 0.6 is 11.6 Å². The van der Waals surface area contributed by atoms with E-state index in [1.165, 1.54) is 12.1 Å². The van der Waals surface area contributed by atoms with Gasteiger partial charge in [0.05, 0.1) is 0 Å². The van der Waals surface area contributed by atoms with E-state index in [9.17, 15) is 9.50 Å². The Morgan fingerprint density at radius 3 is 2.70 bits per heavy atom. The SMILES string of the molecule is CN=C(NCCc1ccccc1Cl)NCc1ccc(O)c(F)c1. The van der Waals surface area contributed by atoms with Crippen LogP contribution in [0.3, 0.4) is 0 Å². The second-order valence-corrected chi connectivity index (χ2v) is 5.39. The molecule has 0 spiro atoms. The van der Waals surface area contributed by atoms with Crippen LogP contribution in [0.4, 0.5) is 4.39 Å². The first kappa shape index (κ1) is 17.1. The Balaban J connectivity index is 1.81. The van der Waals surface area contributed by atoms with Crippen molar-refractivity contribution >= 4 is 17.6 Å². The van der Waals surface area contributed by atoms with Crippen molar-refractivity contribution in [1.29, 1.82) is 0 Å². The molecule has 0 atom stereocenters. The summed E-state index contributed by atoms with van der Waals surface area (Å²) in [5.41, 5.74) is 1.78. The number of benzene rings is 2. The zero-order valence-electron chi connectivity index (χ0n) is 12.8. The molecule has 2 aromatic rings. The molecule has 0 bridgehead atoms. The molecule has 0 aliphatic rings. The van der Waals surface area contributed by atoms with Gasteiger partial charge in [0.2, 0.25) is 0 Å². The van der Waals surface area contributed by atoms with Gasteiger partial charge in [0.15, 0.2) is 17.5 Å². The minimum Gasteiger partial charge on any atom is -0.505 e. The van der Waals surface area contributed by atoms with Crippen LogP contribution in [-0.4, -0.2) is 24.7 Å². The fourth-order valence-electron chi connectivity index (χ4n) is 2.08. The number of nitrogens with zero attached hydrogens (tertiary/aromatic N) is 1. The largest absolute Gasteiger partial charge is 0.505 e. The summed E-state index contributed by atoms with van der Waals surface area (Å²) in [6, 6.07) is 12.0. The molecule has 4 nitrogen and oxygen atoms in total. The van der Waals surface area contributed by atoms with Crippen molar-refractivity contribution in [3.8, 4) is 5.75 Å². The van der Waals surface area contributed by atoms with Gasteiger partial charge >= 0.3 is 0 Å². The first-order chi connectivity index (χ1) is 11.1. The highest BCUT2D eigenvalue weighted by Gasteiger charge is 2.04. The predicted octanol–water partition coefficient (Wildman–Crippen LogP) is 3.09. The molecule has 0 heterocycles. The quantitative estimate of drug-likeness (QED) is 0.581. The van der Waals surface area contributed by atoms with Gasteiger partial charge in [-0.1, -0.05) is 35.9 Å². The maximum absolute atomic E-state index is 13.3. The number of halogens is 2. The summed E-state index contributed by atoms with van der Waals surface area (Å²) < 4.78 is 13.3. The van der Waals surface area contributed by atoms with E-state index in [2.05, 4.69) is 15.6 Å². The minimum atomic E-state index is -0.633. The number of hydrogen-bond donors (Lipinski definition) is 3. The summed E-state index contributed by atoms with van der Waals surface area (Å²) in [5, 5.41) is 16.2. The van der Waals surface area contributed by atoms with E-state index in [0.29, 0.717) is 24.6 Å². The summed E-state index contributed by atoms with van der Waals surface area (Å²) in [7, 11) is 1.67. The monoisotopic (exact) mass is 335 g/mol. The van der Waals surface area contributed by atoms with Crippen LogP contribution in [0.5, 0.6) is 5.75 Å². The number of phenolic OH excluding ortho intramolecular Hbond substituents is 1. The molecular weight excluding hydrogens is 317 g/mol. The zero-order valence-corrected chi connectivity index (χ0v) is 13.6. The Kier molecular flexibility index (Phi) is 6.23. The van der Waals surface area contributed by atoms with Crippen molar-refractivity contribution in [1.82, 2.24) is 10.6 Å². The molecule has 0 aromatic heterocycles. The topological polar surface area (TPSA) is 56.7 Å². The van der Waals surface area contributed by atoms with Gasteiger partial charge in [-0.25, -0.2) is 4.39 Å². The van der Waals surface area contributed by atoms with E-state index in [4.69, 9.17) is 11.6 Å². The molecule has 0 amide bonds. The van der Waals surface area contributed by atoms with E-state index in [1.807, 2.05) is 24.3 Å². The summed E-state index contributed by atoms with van der Waals surface area (Å²) in [6.07, 6.45) is 0.772. The standard InChI is InChI=1S/C17H19ClFN3O/c1-20-17(21-9-8-13-4-2-3-5-14(13)18)22-11-12-6-7-16(23)15(19)10-12/h2-7,10,23H,8-9,11H2,1H3,(H2,20,21,22). The van der Waals surface area contributed by atoms with Crippen LogP contribution in [-0.2, 0) is 13.0 Å². The lowest BCUT2D eigenvalue weighted by Gasteiger charge is -2.12. The molecule has 0 saturated carbocycles. The lowest BCUT2D eigenvalue weighted by molar-refractivity contribution is 0.431. The van der Waals surface area contributed by atoms with Crippen LogP contribution in [0.2, 0.25) is 5.02 Å².